The van der Waals surface area contributed by atoms with Crippen molar-refractivity contribution in [1.82, 2.24) is 9.97 Å². The van der Waals surface area contributed by atoms with Crippen LogP contribution in [0.4, 0.5) is 5.82 Å². The summed E-state index contributed by atoms with van der Waals surface area (Å²) in [4.78, 5) is 19.1. The predicted molar refractivity (Wildman–Crippen MR) is 80.8 cm³/mol. The van der Waals surface area contributed by atoms with Gasteiger partial charge in [0.25, 0.3) is 0 Å². The van der Waals surface area contributed by atoms with Crippen molar-refractivity contribution in [3.05, 3.63) is 54.0 Å². The standard InChI is InChI=1S/C16H17N3O3/c20-16(21)13-2-1-3-15(19-13)18-12-6-9-22-14(10-12)11-4-7-17-8-5-11/h1-5,7-8,12,14H,6,9-10H2,(H,18,19)(H,20,21). The molecule has 0 spiro atoms. The number of pyridine rings is 2. The number of carboxylic acid groups (broad SMARTS) is 1. The summed E-state index contributed by atoms with van der Waals surface area (Å²) in [6, 6.07) is 9.06. The number of aromatic carboxylic acids is 1. The number of carbonyl (C=O) groups is 1. The maximum Gasteiger partial charge on any atom is 0.354 e. The number of nitrogens with one attached hydrogen (secondary N) is 1. The van der Waals surface area contributed by atoms with Gasteiger partial charge in [-0.2, -0.15) is 0 Å². The van der Waals surface area contributed by atoms with Gasteiger partial charge >= 0.3 is 5.97 Å². The van der Waals surface area contributed by atoms with Crippen LogP contribution < -0.4 is 5.32 Å². The van der Waals surface area contributed by atoms with E-state index in [9.17, 15) is 4.79 Å². The molecule has 6 heteroatoms. The maximum absolute atomic E-state index is 11.0. The summed E-state index contributed by atoms with van der Waals surface area (Å²) >= 11 is 0. The van der Waals surface area contributed by atoms with E-state index < -0.39 is 5.97 Å². The normalized spacial score (nSPS) is 21.3. The third kappa shape index (κ3) is 3.40. The van der Waals surface area contributed by atoms with Gasteiger partial charge in [0.05, 0.1) is 6.10 Å². The molecule has 2 aromatic rings. The molecule has 1 saturated heterocycles. The van der Waals surface area contributed by atoms with Crippen molar-refractivity contribution in [1.29, 1.82) is 0 Å². The monoisotopic (exact) mass is 299 g/mol. The Bertz CT molecular complexity index is 648. The molecule has 2 aromatic heterocycles. The molecule has 3 heterocycles. The number of nitrogens with zero attached hydrogens (tertiary/aromatic N) is 2. The molecular weight excluding hydrogens is 282 g/mol. The fourth-order valence-electron chi connectivity index (χ4n) is 2.58. The highest BCUT2D eigenvalue weighted by atomic mass is 16.5. The van der Waals surface area contributed by atoms with Crippen LogP contribution in [0.2, 0.25) is 0 Å². The number of rotatable bonds is 4. The van der Waals surface area contributed by atoms with Crippen molar-refractivity contribution in [2.45, 2.75) is 25.0 Å². The third-order valence-corrected chi connectivity index (χ3v) is 3.68. The summed E-state index contributed by atoms with van der Waals surface area (Å²) in [7, 11) is 0. The third-order valence-electron chi connectivity index (χ3n) is 3.68. The maximum atomic E-state index is 11.0. The molecule has 1 aliphatic heterocycles. The van der Waals surface area contributed by atoms with Crippen molar-refractivity contribution in [2.75, 3.05) is 11.9 Å². The van der Waals surface area contributed by atoms with Gasteiger partial charge in [0.2, 0.25) is 0 Å². The minimum Gasteiger partial charge on any atom is -0.477 e. The van der Waals surface area contributed by atoms with Gasteiger partial charge in [-0.05, 0) is 42.7 Å². The zero-order valence-electron chi connectivity index (χ0n) is 12.0. The quantitative estimate of drug-likeness (QED) is 0.902. The van der Waals surface area contributed by atoms with Crippen molar-refractivity contribution in [3.63, 3.8) is 0 Å². The second-order valence-electron chi connectivity index (χ2n) is 5.22. The van der Waals surface area contributed by atoms with E-state index in [0.29, 0.717) is 12.4 Å². The van der Waals surface area contributed by atoms with Crippen LogP contribution in [0.15, 0.2) is 42.7 Å². The second-order valence-corrected chi connectivity index (χ2v) is 5.22. The number of hydrogen-bond acceptors (Lipinski definition) is 5. The average Bonchev–Trinajstić information content (AvgIpc) is 2.56. The van der Waals surface area contributed by atoms with Crippen molar-refractivity contribution < 1.29 is 14.6 Å². The molecule has 0 radical (unpaired) electrons. The topological polar surface area (TPSA) is 84.3 Å². The van der Waals surface area contributed by atoms with Crippen LogP contribution in [-0.4, -0.2) is 33.7 Å². The summed E-state index contributed by atoms with van der Waals surface area (Å²) in [5.41, 5.74) is 1.15. The van der Waals surface area contributed by atoms with E-state index in [1.165, 1.54) is 6.07 Å². The molecule has 3 rings (SSSR count). The lowest BCUT2D eigenvalue weighted by Crippen LogP contribution is -2.30. The van der Waals surface area contributed by atoms with Gasteiger partial charge in [-0.15, -0.1) is 0 Å². The lowest BCUT2D eigenvalue weighted by molar-refractivity contribution is 0.00968. The Balaban J connectivity index is 1.68. The first-order valence-corrected chi connectivity index (χ1v) is 7.21. The van der Waals surface area contributed by atoms with Gasteiger partial charge in [-0.25, -0.2) is 9.78 Å². The van der Waals surface area contributed by atoms with Gasteiger partial charge in [0.1, 0.15) is 5.82 Å². The van der Waals surface area contributed by atoms with E-state index in [4.69, 9.17) is 9.84 Å². The molecule has 1 aliphatic rings. The first-order valence-electron chi connectivity index (χ1n) is 7.21. The molecule has 0 aliphatic carbocycles. The van der Waals surface area contributed by atoms with Gasteiger partial charge in [0, 0.05) is 25.0 Å². The number of hydrogen-bond donors (Lipinski definition) is 2. The second kappa shape index (κ2) is 6.53. The molecule has 114 valence electrons. The van der Waals surface area contributed by atoms with Crippen molar-refractivity contribution in [2.24, 2.45) is 0 Å². The molecule has 2 N–H and O–H groups in total. The Kier molecular flexibility index (Phi) is 4.29. The van der Waals surface area contributed by atoms with E-state index in [-0.39, 0.29) is 17.8 Å². The Labute approximate surface area is 128 Å². The van der Waals surface area contributed by atoms with Gasteiger partial charge in [-0.3, -0.25) is 4.98 Å². The lowest BCUT2D eigenvalue weighted by Gasteiger charge is -2.30. The van der Waals surface area contributed by atoms with Crippen LogP contribution in [0, 0.1) is 0 Å². The molecule has 6 nitrogen and oxygen atoms in total. The Hall–Kier alpha value is -2.47. The summed E-state index contributed by atoms with van der Waals surface area (Å²) in [5.74, 6) is -0.439. The van der Waals surface area contributed by atoms with Crippen LogP contribution >= 0.6 is 0 Å². The first-order chi connectivity index (χ1) is 10.7. The highest BCUT2D eigenvalue weighted by molar-refractivity contribution is 5.85. The van der Waals surface area contributed by atoms with Crippen molar-refractivity contribution in [3.8, 4) is 0 Å². The van der Waals surface area contributed by atoms with Crippen LogP contribution in [0.25, 0.3) is 0 Å². The van der Waals surface area contributed by atoms with Crippen LogP contribution in [0.3, 0.4) is 0 Å². The van der Waals surface area contributed by atoms with E-state index in [2.05, 4.69) is 15.3 Å². The van der Waals surface area contributed by atoms with E-state index in [1.54, 1.807) is 24.5 Å². The lowest BCUT2D eigenvalue weighted by atomic mass is 9.98. The van der Waals surface area contributed by atoms with Crippen LogP contribution in [0.5, 0.6) is 0 Å². The fraction of sp³-hybridized carbons (Fsp3) is 0.312. The highest BCUT2D eigenvalue weighted by Gasteiger charge is 2.24. The number of anilines is 1. The first kappa shape index (κ1) is 14.5. The van der Waals surface area contributed by atoms with Gasteiger partial charge in [-0.1, -0.05) is 6.07 Å². The Morgan fingerprint density at radius 2 is 2.09 bits per heavy atom. The highest BCUT2D eigenvalue weighted by Crippen LogP contribution is 2.29. The SMILES string of the molecule is O=C(O)c1cccc(NC2CCOC(c3ccncc3)C2)n1. The molecule has 0 aromatic carbocycles. The summed E-state index contributed by atoms with van der Waals surface area (Å²) in [5, 5.41) is 12.3. The van der Waals surface area contributed by atoms with Gasteiger partial charge < -0.3 is 15.2 Å². The largest absolute Gasteiger partial charge is 0.477 e. The smallest absolute Gasteiger partial charge is 0.354 e. The summed E-state index contributed by atoms with van der Waals surface area (Å²) in [6.45, 7) is 0.656. The summed E-state index contributed by atoms with van der Waals surface area (Å²) < 4.78 is 5.81. The fourth-order valence-corrected chi connectivity index (χ4v) is 2.58. The van der Waals surface area contributed by atoms with E-state index >= 15 is 0 Å². The summed E-state index contributed by atoms with van der Waals surface area (Å²) in [6.07, 6.45) is 5.21. The number of carboxylic acids is 1. The molecule has 0 bridgehead atoms. The molecule has 0 saturated carbocycles. The molecule has 2 atom stereocenters. The van der Waals surface area contributed by atoms with Gasteiger partial charge in [0.15, 0.2) is 5.69 Å². The number of ether oxygens (including phenoxy) is 1. The molecule has 1 fully saturated rings. The van der Waals surface area contributed by atoms with E-state index in [1.807, 2.05) is 12.1 Å². The molecule has 22 heavy (non-hydrogen) atoms. The zero-order chi connectivity index (χ0) is 15.4. The predicted octanol–water partition coefficient (Wildman–Crippen LogP) is 2.51. The van der Waals surface area contributed by atoms with Crippen molar-refractivity contribution >= 4 is 11.8 Å². The molecular formula is C16H17N3O3. The Morgan fingerprint density at radius 3 is 2.86 bits per heavy atom. The molecule has 2 unspecified atom stereocenters. The number of aromatic nitrogens is 2. The average molecular weight is 299 g/mol. The van der Waals surface area contributed by atoms with Crippen LogP contribution in [-0.2, 0) is 4.74 Å². The minimum absolute atomic E-state index is 0.0249. The Morgan fingerprint density at radius 1 is 1.27 bits per heavy atom. The zero-order valence-corrected chi connectivity index (χ0v) is 12.0. The minimum atomic E-state index is -1.02. The van der Waals surface area contributed by atoms with Crippen LogP contribution in [0.1, 0.15) is 35.0 Å². The molecule has 0 amide bonds. The van der Waals surface area contributed by atoms with E-state index in [0.717, 1.165) is 18.4 Å².